The van der Waals surface area contributed by atoms with Gasteiger partial charge in [0.1, 0.15) is 11.6 Å². The van der Waals surface area contributed by atoms with Crippen molar-refractivity contribution in [3.05, 3.63) is 66.0 Å². The molecule has 2 aromatic carbocycles. The summed E-state index contributed by atoms with van der Waals surface area (Å²) in [6, 6.07) is 18.9. The fraction of sp³-hybridized carbons (Fsp3) is 0.300. The van der Waals surface area contributed by atoms with E-state index in [0.717, 1.165) is 35.4 Å². The standard InChI is InChI=1S/C20H21N3/c1-14(2)18-21-17-11-7-6-10-16(17)19(22-18)23-20(12-13-20)15-8-4-3-5-9-15/h3-11,14H,12-13H2,1-2H3,(H,21,22,23). The highest BCUT2D eigenvalue weighted by molar-refractivity contribution is 5.89. The Bertz CT molecular complexity index is 836. The Morgan fingerprint density at radius 3 is 2.30 bits per heavy atom. The van der Waals surface area contributed by atoms with Crippen molar-refractivity contribution in [2.24, 2.45) is 0 Å². The van der Waals surface area contributed by atoms with Gasteiger partial charge in [-0.1, -0.05) is 56.3 Å². The summed E-state index contributed by atoms with van der Waals surface area (Å²) in [5.74, 6) is 2.17. The Balaban J connectivity index is 1.80. The van der Waals surface area contributed by atoms with E-state index in [4.69, 9.17) is 9.97 Å². The smallest absolute Gasteiger partial charge is 0.138 e. The van der Waals surface area contributed by atoms with Crippen LogP contribution in [0.5, 0.6) is 0 Å². The van der Waals surface area contributed by atoms with E-state index in [-0.39, 0.29) is 5.54 Å². The van der Waals surface area contributed by atoms with Gasteiger partial charge in [-0.25, -0.2) is 9.97 Å². The third-order valence-corrected chi connectivity index (χ3v) is 4.57. The highest BCUT2D eigenvalue weighted by Crippen LogP contribution is 2.48. The zero-order valence-corrected chi connectivity index (χ0v) is 13.6. The average molecular weight is 303 g/mol. The molecule has 1 saturated carbocycles. The van der Waals surface area contributed by atoms with Crippen LogP contribution in [0.25, 0.3) is 10.9 Å². The summed E-state index contributed by atoms with van der Waals surface area (Å²) in [4.78, 5) is 9.54. The van der Waals surface area contributed by atoms with Crippen molar-refractivity contribution in [2.75, 3.05) is 5.32 Å². The first-order chi connectivity index (χ1) is 11.2. The van der Waals surface area contributed by atoms with E-state index >= 15 is 0 Å². The van der Waals surface area contributed by atoms with Gasteiger partial charge in [0.15, 0.2) is 0 Å². The third-order valence-electron chi connectivity index (χ3n) is 4.57. The van der Waals surface area contributed by atoms with Crippen LogP contribution in [0.3, 0.4) is 0 Å². The molecule has 1 aromatic heterocycles. The van der Waals surface area contributed by atoms with Gasteiger partial charge in [-0.15, -0.1) is 0 Å². The van der Waals surface area contributed by atoms with Gasteiger partial charge >= 0.3 is 0 Å². The molecule has 0 aliphatic heterocycles. The molecule has 0 unspecified atom stereocenters. The maximum atomic E-state index is 4.83. The second kappa shape index (κ2) is 5.34. The number of hydrogen-bond acceptors (Lipinski definition) is 3. The molecule has 0 amide bonds. The Hall–Kier alpha value is -2.42. The van der Waals surface area contributed by atoms with Gasteiger partial charge in [-0.05, 0) is 30.5 Å². The molecule has 3 aromatic rings. The Labute approximate surface area is 136 Å². The van der Waals surface area contributed by atoms with Gasteiger partial charge in [0.2, 0.25) is 0 Å². The second-order valence-corrected chi connectivity index (χ2v) is 6.68. The normalized spacial score (nSPS) is 15.8. The minimum Gasteiger partial charge on any atom is -0.360 e. The zero-order valence-electron chi connectivity index (χ0n) is 13.6. The number of para-hydroxylation sites is 1. The van der Waals surface area contributed by atoms with Crippen molar-refractivity contribution in [2.45, 2.75) is 38.1 Å². The monoisotopic (exact) mass is 303 g/mol. The molecule has 1 fully saturated rings. The lowest BCUT2D eigenvalue weighted by Gasteiger charge is -2.20. The summed E-state index contributed by atoms with van der Waals surface area (Å²) in [6.45, 7) is 4.27. The summed E-state index contributed by atoms with van der Waals surface area (Å²) in [7, 11) is 0. The van der Waals surface area contributed by atoms with E-state index in [9.17, 15) is 0 Å². The van der Waals surface area contributed by atoms with Crippen LogP contribution < -0.4 is 5.32 Å². The maximum absolute atomic E-state index is 4.83. The van der Waals surface area contributed by atoms with E-state index in [0.29, 0.717) is 5.92 Å². The Kier molecular flexibility index (Phi) is 3.29. The Morgan fingerprint density at radius 1 is 0.913 bits per heavy atom. The average Bonchev–Trinajstić information content (AvgIpc) is 3.36. The highest BCUT2D eigenvalue weighted by atomic mass is 15.1. The molecule has 23 heavy (non-hydrogen) atoms. The molecule has 1 aliphatic carbocycles. The zero-order chi connectivity index (χ0) is 15.9. The van der Waals surface area contributed by atoms with E-state index < -0.39 is 0 Å². The molecular weight excluding hydrogens is 282 g/mol. The van der Waals surface area contributed by atoms with Crippen LogP contribution in [0.2, 0.25) is 0 Å². The molecule has 0 radical (unpaired) electrons. The molecular formula is C20H21N3. The number of anilines is 1. The molecule has 0 spiro atoms. The maximum Gasteiger partial charge on any atom is 0.138 e. The predicted octanol–water partition coefficient (Wildman–Crippen LogP) is 4.85. The van der Waals surface area contributed by atoms with Gasteiger partial charge < -0.3 is 5.32 Å². The predicted molar refractivity (Wildman–Crippen MR) is 94.6 cm³/mol. The number of aromatic nitrogens is 2. The van der Waals surface area contributed by atoms with Crippen LogP contribution in [0.15, 0.2) is 54.6 Å². The van der Waals surface area contributed by atoms with Crippen molar-refractivity contribution < 1.29 is 0 Å². The molecule has 0 atom stereocenters. The van der Waals surface area contributed by atoms with Gasteiger partial charge in [0.25, 0.3) is 0 Å². The van der Waals surface area contributed by atoms with E-state index in [1.807, 2.05) is 12.1 Å². The molecule has 1 aliphatic rings. The minimum absolute atomic E-state index is 0.0344. The van der Waals surface area contributed by atoms with Gasteiger partial charge in [0.05, 0.1) is 11.1 Å². The van der Waals surface area contributed by atoms with E-state index in [1.165, 1.54) is 5.56 Å². The van der Waals surface area contributed by atoms with Crippen molar-refractivity contribution in [1.29, 1.82) is 0 Å². The van der Waals surface area contributed by atoms with E-state index in [2.05, 4.69) is 61.6 Å². The Morgan fingerprint density at radius 2 is 1.61 bits per heavy atom. The van der Waals surface area contributed by atoms with Crippen LogP contribution in [0.1, 0.15) is 44.0 Å². The SMILES string of the molecule is CC(C)c1nc(NC2(c3ccccc3)CC2)c2ccccc2n1. The van der Waals surface area contributed by atoms with E-state index in [1.54, 1.807) is 0 Å². The lowest BCUT2D eigenvalue weighted by Crippen LogP contribution is -2.20. The summed E-state index contributed by atoms with van der Waals surface area (Å²) < 4.78 is 0. The van der Waals surface area contributed by atoms with Crippen molar-refractivity contribution in [3.63, 3.8) is 0 Å². The number of benzene rings is 2. The largest absolute Gasteiger partial charge is 0.360 e. The number of hydrogen-bond donors (Lipinski definition) is 1. The molecule has 0 saturated heterocycles. The summed E-state index contributed by atoms with van der Waals surface area (Å²) in [6.07, 6.45) is 2.29. The molecule has 3 heteroatoms. The van der Waals surface area contributed by atoms with Crippen molar-refractivity contribution >= 4 is 16.7 Å². The van der Waals surface area contributed by atoms with Crippen LogP contribution in [0, 0.1) is 0 Å². The van der Waals surface area contributed by atoms with Crippen LogP contribution in [0.4, 0.5) is 5.82 Å². The molecule has 116 valence electrons. The lowest BCUT2D eigenvalue weighted by atomic mass is 10.0. The molecule has 1 heterocycles. The summed E-state index contributed by atoms with van der Waals surface area (Å²) in [5, 5.41) is 4.83. The van der Waals surface area contributed by atoms with Gasteiger partial charge in [-0.2, -0.15) is 0 Å². The van der Waals surface area contributed by atoms with Crippen molar-refractivity contribution in [3.8, 4) is 0 Å². The van der Waals surface area contributed by atoms with Crippen LogP contribution in [-0.4, -0.2) is 9.97 Å². The van der Waals surface area contributed by atoms with Gasteiger partial charge in [-0.3, -0.25) is 0 Å². The van der Waals surface area contributed by atoms with Crippen molar-refractivity contribution in [1.82, 2.24) is 9.97 Å². The first-order valence-electron chi connectivity index (χ1n) is 8.28. The molecule has 0 bridgehead atoms. The molecule has 3 nitrogen and oxygen atoms in total. The number of nitrogens with one attached hydrogen (secondary N) is 1. The van der Waals surface area contributed by atoms with Crippen LogP contribution in [-0.2, 0) is 5.54 Å². The van der Waals surface area contributed by atoms with Crippen LogP contribution >= 0.6 is 0 Å². The minimum atomic E-state index is 0.0344. The first kappa shape index (κ1) is 14.2. The fourth-order valence-corrected chi connectivity index (χ4v) is 3.04. The topological polar surface area (TPSA) is 37.8 Å². The first-order valence-corrected chi connectivity index (χ1v) is 8.28. The van der Waals surface area contributed by atoms with Gasteiger partial charge in [0, 0.05) is 11.3 Å². The number of rotatable bonds is 4. The second-order valence-electron chi connectivity index (χ2n) is 6.68. The fourth-order valence-electron chi connectivity index (χ4n) is 3.04. The summed E-state index contributed by atoms with van der Waals surface area (Å²) in [5.41, 5.74) is 2.39. The molecule has 4 rings (SSSR count). The number of nitrogens with zero attached hydrogens (tertiary/aromatic N) is 2. The highest BCUT2D eigenvalue weighted by Gasteiger charge is 2.44. The number of fused-ring (bicyclic) bond motifs is 1. The molecule has 1 N–H and O–H groups in total. The lowest BCUT2D eigenvalue weighted by molar-refractivity contribution is 0.764. The summed E-state index contributed by atoms with van der Waals surface area (Å²) >= 11 is 0. The third kappa shape index (κ3) is 2.56. The quantitative estimate of drug-likeness (QED) is 0.748.